The summed E-state index contributed by atoms with van der Waals surface area (Å²) >= 11 is 0. The summed E-state index contributed by atoms with van der Waals surface area (Å²) < 4.78 is 7.67. The molecule has 0 aliphatic carbocycles. The van der Waals surface area contributed by atoms with Crippen LogP contribution in [0.4, 0.5) is 0 Å². The number of aliphatic hydroxyl groups excluding tert-OH is 1. The fraction of sp³-hybridized carbons (Fsp3) is 0.526. The number of ether oxygens (including phenoxy) is 1. The summed E-state index contributed by atoms with van der Waals surface area (Å²) in [5.41, 5.74) is 1.66. The zero-order valence-electron chi connectivity index (χ0n) is 14.1. The van der Waals surface area contributed by atoms with E-state index in [1.54, 1.807) is 0 Å². The molecule has 1 aliphatic rings. The van der Waals surface area contributed by atoms with Crippen molar-refractivity contribution in [2.45, 2.75) is 58.8 Å². The first-order valence-corrected chi connectivity index (χ1v) is 8.64. The van der Waals surface area contributed by atoms with Gasteiger partial charge in [-0.05, 0) is 31.9 Å². The van der Waals surface area contributed by atoms with E-state index in [9.17, 15) is 9.90 Å². The third-order valence-electron chi connectivity index (χ3n) is 5.04. The Labute approximate surface area is 136 Å². The van der Waals surface area contributed by atoms with E-state index in [4.69, 9.17) is 4.74 Å². The fourth-order valence-electron chi connectivity index (χ4n) is 3.94. The zero-order valence-corrected chi connectivity index (χ0v) is 14.1. The molecule has 4 nitrogen and oxygen atoms in total. The SMILES string of the molecule is CCCC1c2c(c3ccccc3n(CC)c2=O)OC(O)C1CC. The quantitative estimate of drug-likeness (QED) is 0.937. The molecule has 0 bridgehead atoms. The monoisotopic (exact) mass is 315 g/mol. The highest BCUT2D eigenvalue weighted by Crippen LogP contribution is 2.44. The highest BCUT2D eigenvalue weighted by Gasteiger charge is 2.39. The van der Waals surface area contributed by atoms with Gasteiger partial charge in [-0.15, -0.1) is 0 Å². The van der Waals surface area contributed by atoms with Crippen molar-refractivity contribution in [1.82, 2.24) is 4.57 Å². The molecule has 3 atom stereocenters. The molecule has 0 fully saturated rings. The molecular formula is C19H25NO3. The second-order valence-electron chi connectivity index (χ2n) is 6.29. The van der Waals surface area contributed by atoms with Crippen molar-refractivity contribution < 1.29 is 9.84 Å². The van der Waals surface area contributed by atoms with Gasteiger partial charge >= 0.3 is 0 Å². The summed E-state index contributed by atoms with van der Waals surface area (Å²) in [6.45, 7) is 6.79. The van der Waals surface area contributed by atoms with E-state index in [0.717, 1.165) is 35.7 Å². The van der Waals surface area contributed by atoms with Crippen LogP contribution in [0.25, 0.3) is 10.9 Å². The minimum absolute atomic E-state index is 0.0263. The standard InChI is InChI=1S/C19H25NO3/c1-4-9-13-12(5-2)19(22)23-17-14-10-7-8-11-15(14)20(6-3)18(21)16(13)17/h7-8,10-13,19,22H,4-6,9H2,1-3H3. The Morgan fingerprint density at radius 1 is 1.22 bits per heavy atom. The number of hydrogen-bond acceptors (Lipinski definition) is 3. The molecule has 3 unspecified atom stereocenters. The van der Waals surface area contributed by atoms with Crippen LogP contribution < -0.4 is 10.3 Å². The second kappa shape index (κ2) is 6.36. The van der Waals surface area contributed by atoms with Crippen LogP contribution in [-0.4, -0.2) is 16.0 Å². The Morgan fingerprint density at radius 3 is 2.61 bits per heavy atom. The number of aromatic nitrogens is 1. The van der Waals surface area contributed by atoms with Gasteiger partial charge in [-0.25, -0.2) is 0 Å². The van der Waals surface area contributed by atoms with Crippen molar-refractivity contribution in [2.24, 2.45) is 5.92 Å². The van der Waals surface area contributed by atoms with Crippen LogP contribution in [0.1, 0.15) is 51.5 Å². The van der Waals surface area contributed by atoms with Gasteiger partial charge in [-0.1, -0.05) is 32.4 Å². The maximum absolute atomic E-state index is 13.1. The van der Waals surface area contributed by atoms with Crippen LogP contribution >= 0.6 is 0 Å². The van der Waals surface area contributed by atoms with Crippen LogP contribution in [0, 0.1) is 5.92 Å². The van der Waals surface area contributed by atoms with Gasteiger partial charge in [-0.2, -0.15) is 0 Å². The summed E-state index contributed by atoms with van der Waals surface area (Å²) in [5.74, 6) is 0.617. The van der Waals surface area contributed by atoms with Crippen LogP contribution in [0.5, 0.6) is 5.75 Å². The Hall–Kier alpha value is -1.81. The minimum atomic E-state index is -0.843. The molecule has 0 spiro atoms. The fourth-order valence-corrected chi connectivity index (χ4v) is 3.94. The molecule has 2 aromatic rings. The highest BCUT2D eigenvalue weighted by atomic mass is 16.6. The van der Waals surface area contributed by atoms with E-state index >= 15 is 0 Å². The molecule has 0 saturated carbocycles. The van der Waals surface area contributed by atoms with Gasteiger partial charge in [0.25, 0.3) is 5.56 Å². The Bertz CT molecular complexity index is 765. The maximum Gasteiger partial charge on any atom is 0.258 e. The van der Waals surface area contributed by atoms with Crippen LogP contribution in [0.15, 0.2) is 29.1 Å². The Kier molecular flexibility index (Phi) is 4.44. The third-order valence-corrected chi connectivity index (χ3v) is 5.04. The summed E-state index contributed by atoms with van der Waals surface area (Å²) in [4.78, 5) is 13.1. The van der Waals surface area contributed by atoms with E-state index in [1.165, 1.54) is 0 Å². The number of fused-ring (bicyclic) bond motifs is 3. The number of pyridine rings is 1. The van der Waals surface area contributed by atoms with Gasteiger partial charge in [0.2, 0.25) is 6.29 Å². The molecule has 2 heterocycles. The largest absolute Gasteiger partial charge is 0.464 e. The van der Waals surface area contributed by atoms with E-state index in [2.05, 4.69) is 6.92 Å². The van der Waals surface area contributed by atoms with Crippen molar-refractivity contribution in [3.63, 3.8) is 0 Å². The number of para-hydroxylation sites is 1. The summed E-state index contributed by atoms with van der Waals surface area (Å²) in [6, 6.07) is 7.79. The number of nitrogens with zero attached hydrogens (tertiary/aromatic N) is 1. The molecule has 1 aliphatic heterocycles. The zero-order chi connectivity index (χ0) is 16.6. The number of aryl methyl sites for hydroxylation is 1. The van der Waals surface area contributed by atoms with Crippen LogP contribution in [-0.2, 0) is 6.54 Å². The summed E-state index contributed by atoms with van der Waals surface area (Å²) in [6.07, 6.45) is 1.82. The first-order valence-electron chi connectivity index (χ1n) is 8.64. The van der Waals surface area contributed by atoms with Crippen LogP contribution in [0.3, 0.4) is 0 Å². The Morgan fingerprint density at radius 2 is 1.96 bits per heavy atom. The lowest BCUT2D eigenvalue weighted by Gasteiger charge is -2.37. The molecule has 23 heavy (non-hydrogen) atoms. The van der Waals surface area contributed by atoms with E-state index in [-0.39, 0.29) is 17.4 Å². The van der Waals surface area contributed by atoms with Crippen molar-refractivity contribution in [1.29, 1.82) is 0 Å². The van der Waals surface area contributed by atoms with Crippen molar-refractivity contribution in [2.75, 3.05) is 0 Å². The number of benzene rings is 1. The number of aliphatic hydroxyl groups is 1. The molecule has 124 valence electrons. The predicted molar refractivity (Wildman–Crippen MR) is 91.9 cm³/mol. The molecule has 0 amide bonds. The van der Waals surface area contributed by atoms with Crippen LogP contribution in [0.2, 0.25) is 0 Å². The molecule has 0 radical (unpaired) electrons. The Balaban J connectivity index is 2.36. The van der Waals surface area contributed by atoms with Gasteiger partial charge in [0, 0.05) is 23.8 Å². The van der Waals surface area contributed by atoms with Gasteiger partial charge in [0.1, 0.15) is 5.75 Å². The summed E-state index contributed by atoms with van der Waals surface area (Å²) in [7, 11) is 0. The smallest absolute Gasteiger partial charge is 0.258 e. The number of rotatable bonds is 4. The minimum Gasteiger partial charge on any atom is -0.464 e. The van der Waals surface area contributed by atoms with Crippen molar-refractivity contribution in [3.05, 3.63) is 40.2 Å². The lowest BCUT2D eigenvalue weighted by molar-refractivity contribution is -0.0844. The average molecular weight is 315 g/mol. The van der Waals surface area contributed by atoms with Gasteiger partial charge in [0.05, 0.1) is 11.1 Å². The summed E-state index contributed by atoms with van der Waals surface area (Å²) in [5, 5.41) is 11.4. The van der Waals surface area contributed by atoms with Crippen molar-refractivity contribution >= 4 is 10.9 Å². The topological polar surface area (TPSA) is 51.5 Å². The van der Waals surface area contributed by atoms with Gasteiger partial charge in [-0.3, -0.25) is 4.79 Å². The lowest BCUT2D eigenvalue weighted by atomic mass is 9.78. The molecule has 1 N–H and O–H groups in total. The number of hydrogen-bond donors (Lipinski definition) is 1. The lowest BCUT2D eigenvalue weighted by Crippen LogP contribution is -2.40. The predicted octanol–water partition coefficient (Wildman–Crippen LogP) is 3.64. The third kappa shape index (κ3) is 2.45. The normalized spacial score (nSPS) is 23.6. The van der Waals surface area contributed by atoms with E-state index in [0.29, 0.717) is 12.3 Å². The van der Waals surface area contributed by atoms with Gasteiger partial charge in [0.15, 0.2) is 0 Å². The molecular weight excluding hydrogens is 290 g/mol. The first-order chi connectivity index (χ1) is 11.1. The second-order valence-corrected chi connectivity index (χ2v) is 6.29. The van der Waals surface area contributed by atoms with Gasteiger partial charge < -0.3 is 14.4 Å². The van der Waals surface area contributed by atoms with Crippen molar-refractivity contribution in [3.8, 4) is 5.75 Å². The maximum atomic E-state index is 13.1. The van der Waals surface area contributed by atoms with E-state index < -0.39 is 6.29 Å². The molecule has 1 aromatic heterocycles. The molecule has 3 rings (SSSR count). The molecule has 1 aromatic carbocycles. The molecule has 4 heteroatoms. The first kappa shape index (κ1) is 16.1. The average Bonchev–Trinajstić information content (AvgIpc) is 2.55. The highest BCUT2D eigenvalue weighted by molar-refractivity contribution is 5.87. The molecule has 0 saturated heterocycles. The van der Waals surface area contributed by atoms with E-state index in [1.807, 2.05) is 42.7 Å².